The molecule has 1 heterocycles. The van der Waals surface area contributed by atoms with Gasteiger partial charge in [-0.3, -0.25) is 9.78 Å². The van der Waals surface area contributed by atoms with Crippen LogP contribution in [-0.4, -0.2) is 27.7 Å². The fourth-order valence-corrected chi connectivity index (χ4v) is 7.95. The summed E-state index contributed by atoms with van der Waals surface area (Å²) in [5, 5.41) is 11.8. The Morgan fingerprint density at radius 3 is 2.55 bits per heavy atom. The van der Waals surface area contributed by atoms with Gasteiger partial charge in [0.2, 0.25) is 0 Å². The molecule has 3 nitrogen and oxygen atoms in total. The van der Waals surface area contributed by atoms with E-state index in [1.165, 1.54) is 11.1 Å². The van der Waals surface area contributed by atoms with Gasteiger partial charge in [0, 0.05) is 36.2 Å². The summed E-state index contributed by atoms with van der Waals surface area (Å²) in [4.78, 5) is 16.5. The molecule has 0 amide bonds. The van der Waals surface area contributed by atoms with Crippen LogP contribution in [0.15, 0.2) is 83.7 Å². The first-order valence-electron chi connectivity index (χ1n) is 13.5. The molecule has 0 unspecified atom stereocenters. The Hall–Kier alpha value is -2.99. The topological polar surface area (TPSA) is 50.2 Å². The lowest BCUT2D eigenvalue weighted by Crippen LogP contribution is -2.50. The van der Waals surface area contributed by atoms with E-state index in [4.69, 9.17) is 0 Å². The van der Waals surface area contributed by atoms with Crippen LogP contribution in [0.2, 0.25) is 0 Å². The molecule has 2 aromatic rings. The molecular weight excluding hydrogens is 487 g/mol. The van der Waals surface area contributed by atoms with Crippen LogP contribution in [0.5, 0.6) is 0 Å². The molecule has 0 aliphatic heterocycles. The lowest BCUT2D eigenvalue weighted by atomic mass is 9.51. The molecule has 4 aliphatic carbocycles. The number of allylic oxidation sites excluding steroid dienone is 5. The van der Waals surface area contributed by atoms with Crippen molar-refractivity contribution in [2.24, 2.45) is 17.3 Å². The highest BCUT2D eigenvalue weighted by molar-refractivity contribution is 5.93. The van der Waals surface area contributed by atoms with Gasteiger partial charge in [-0.1, -0.05) is 42.8 Å². The van der Waals surface area contributed by atoms with E-state index in [2.05, 4.69) is 29.2 Å². The van der Waals surface area contributed by atoms with Crippen LogP contribution in [0.4, 0.5) is 13.2 Å². The van der Waals surface area contributed by atoms with Crippen molar-refractivity contribution >= 4 is 5.78 Å². The maximum Gasteiger partial charge on any atom is 0.409 e. The van der Waals surface area contributed by atoms with Crippen molar-refractivity contribution in [1.82, 2.24) is 4.98 Å². The monoisotopic (exact) mass is 519 g/mol. The minimum atomic E-state index is -4.47. The number of aliphatic hydroxyl groups is 1. The first-order chi connectivity index (χ1) is 18.1. The second-order valence-corrected chi connectivity index (χ2v) is 11.7. The predicted octanol–water partition coefficient (Wildman–Crippen LogP) is 7.50. The molecule has 6 heteroatoms. The molecule has 2 saturated carbocycles. The number of benzene rings is 1. The first-order valence-corrected chi connectivity index (χ1v) is 13.5. The average molecular weight is 520 g/mol. The zero-order valence-corrected chi connectivity index (χ0v) is 21.5. The maximum absolute atomic E-state index is 13.2. The largest absolute Gasteiger partial charge is 0.409 e. The van der Waals surface area contributed by atoms with E-state index in [9.17, 15) is 23.1 Å². The van der Waals surface area contributed by atoms with Crippen LogP contribution in [-0.2, 0) is 4.79 Å². The average Bonchev–Trinajstić information content (AvgIpc) is 3.17. The number of pyridine rings is 1. The molecule has 1 aromatic carbocycles. The van der Waals surface area contributed by atoms with Gasteiger partial charge >= 0.3 is 6.18 Å². The molecule has 4 aliphatic rings. The van der Waals surface area contributed by atoms with Crippen molar-refractivity contribution in [3.63, 3.8) is 0 Å². The third-order valence-corrected chi connectivity index (χ3v) is 9.81. The van der Waals surface area contributed by atoms with E-state index >= 15 is 0 Å². The Morgan fingerprint density at radius 2 is 1.84 bits per heavy atom. The van der Waals surface area contributed by atoms with Crippen LogP contribution in [0, 0.1) is 17.3 Å². The van der Waals surface area contributed by atoms with Gasteiger partial charge in [0.25, 0.3) is 0 Å². The molecule has 0 saturated heterocycles. The Kier molecular flexibility index (Phi) is 6.02. The minimum absolute atomic E-state index is 0.0278. The standard InChI is InChI=1S/C32H32F3NO2/c1-30-18-27(21-6-4-20(5-7-21)23-3-2-16-36-19-23)29-25-11-9-24(37)17-22(25)8-10-26(29)28(30)12-13-31(30,38)14-15-32(33,34)35/h2-7,14-17,19,26-28,38H,8-13,18H2,1H3/b15-14+/t26-,27+,28-,30-,31+/m0/s1. The van der Waals surface area contributed by atoms with Crippen molar-refractivity contribution in [2.45, 2.75) is 69.6 Å². The number of halogens is 3. The summed E-state index contributed by atoms with van der Waals surface area (Å²) in [5.74, 6) is 0.428. The molecule has 6 rings (SSSR count). The summed E-state index contributed by atoms with van der Waals surface area (Å²) in [6.07, 6.45) is 6.66. The highest BCUT2D eigenvalue weighted by atomic mass is 19.4. The number of hydrogen-bond donors (Lipinski definition) is 1. The number of rotatable bonds is 3. The Morgan fingerprint density at radius 1 is 1.05 bits per heavy atom. The van der Waals surface area contributed by atoms with Crippen LogP contribution >= 0.6 is 0 Å². The molecule has 2 fully saturated rings. The van der Waals surface area contributed by atoms with E-state index in [0.29, 0.717) is 25.7 Å². The zero-order valence-electron chi connectivity index (χ0n) is 21.5. The smallest absolute Gasteiger partial charge is 0.385 e. The fraction of sp³-hybridized carbons (Fsp3) is 0.438. The molecule has 198 valence electrons. The van der Waals surface area contributed by atoms with E-state index in [1.807, 2.05) is 31.3 Å². The van der Waals surface area contributed by atoms with E-state index in [0.717, 1.165) is 47.6 Å². The highest BCUT2D eigenvalue weighted by Gasteiger charge is 2.62. The van der Waals surface area contributed by atoms with Crippen molar-refractivity contribution < 1.29 is 23.1 Å². The van der Waals surface area contributed by atoms with Crippen LogP contribution in [0.1, 0.15) is 63.4 Å². The molecule has 0 radical (unpaired) electrons. The number of carbonyl (C=O) groups is 1. The van der Waals surface area contributed by atoms with Gasteiger partial charge in [-0.2, -0.15) is 13.2 Å². The Labute approximate surface area is 221 Å². The van der Waals surface area contributed by atoms with Crippen molar-refractivity contribution in [1.29, 1.82) is 0 Å². The number of hydrogen-bond acceptors (Lipinski definition) is 3. The minimum Gasteiger partial charge on any atom is -0.385 e. The molecule has 0 bridgehead atoms. The highest BCUT2D eigenvalue weighted by Crippen LogP contribution is 2.67. The molecule has 0 spiro atoms. The van der Waals surface area contributed by atoms with Gasteiger partial charge in [-0.25, -0.2) is 0 Å². The quantitative estimate of drug-likeness (QED) is 0.427. The summed E-state index contributed by atoms with van der Waals surface area (Å²) in [6.45, 7) is 2.00. The molecule has 1 aromatic heterocycles. The first kappa shape index (κ1) is 25.3. The van der Waals surface area contributed by atoms with E-state index in [-0.39, 0.29) is 29.6 Å². The molecule has 38 heavy (non-hydrogen) atoms. The SMILES string of the molecule is C[C@]12C[C@H](c3ccc(-c4cccnc4)cc3)C3=C4CCC(=O)C=C4CC[C@H]3[C@@H]1CC[C@@]2(O)/C=C/C(F)(F)F. The summed E-state index contributed by atoms with van der Waals surface area (Å²) < 4.78 is 39.6. The predicted molar refractivity (Wildman–Crippen MR) is 140 cm³/mol. The summed E-state index contributed by atoms with van der Waals surface area (Å²) in [7, 11) is 0. The van der Waals surface area contributed by atoms with Gasteiger partial charge in [-0.05, 0) is 96.4 Å². The molecule has 1 N–H and O–H groups in total. The van der Waals surface area contributed by atoms with Gasteiger partial charge in [-0.15, -0.1) is 0 Å². The number of fused-ring (bicyclic) bond motifs is 4. The van der Waals surface area contributed by atoms with Crippen LogP contribution < -0.4 is 0 Å². The number of carbonyl (C=O) groups excluding carboxylic acids is 1. The van der Waals surface area contributed by atoms with Crippen molar-refractivity contribution in [3.8, 4) is 11.1 Å². The van der Waals surface area contributed by atoms with Gasteiger partial charge in [0.05, 0.1) is 5.60 Å². The number of nitrogens with zero attached hydrogens (tertiary/aromatic N) is 1. The summed E-state index contributed by atoms with van der Waals surface area (Å²) in [5.41, 5.74) is 4.74. The van der Waals surface area contributed by atoms with E-state index in [1.54, 1.807) is 6.20 Å². The normalized spacial score (nSPS) is 33.1. The zero-order chi connectivity index (χ0) is 26.7. The van der Waals surface area contributed by atoms with Crippen LogP contribution in [0.25, 0.3) is 11.1 Å². The Bertz CT molecular complexity index is 1340. The number of alkyl halides is 3. The van der Waals surface area contributed by atoms with Gasteiger partial charge in [0.1, 0.15) is 0 Å². The fourth-order valence-electron chi connectivity index (χ4n) is 7.95. The molecule has 5 atom stereocenters. The lowest BCUT2D eigenvalue weighted by Gasteiger charge is -2.54. The summed E-state index contributed by atoms with van der Waals surface area (Å²) in [6, 6.07) is 12.3. The Balaban J connectivity index is 1.46. The van der Waals surface area contributed by atoms with Crippen molar-refractivity contribution in [2.75, 3.05) is 0 Å². The summed E-state index contributed by atoms with van der Waals surface area (Å²) >= 11 is 0. The van der Waals surface area contributed by atoms with Gasteiger partial charge < -0.3 is 5.11 Å². The molecular formula is C32H32F3NO2. The second kappa shape index (κ2) is 9.04. The number of ketones is 1. The van der Waals surface area contributed by atoms with Gasteiger partial charge in [0.15, 0.2) is 5.78 Å². The second-order valence-electron chi connectivity index (χ2n) is 11.7. The third-order valence-electron chi connectivity index (χ3n) is 9.81. The van der Waals surface area contributed by atoms with Crippen molar-refractivity contribution in [3.05, 3.63) is 89.3 Å². The number of aromatic nitrogens is 1. The van der Waals surface area contributed by atoms with Crippen LogP contribution in [0.3, 0.4) is 0 Å². The van der Waals surface area contributed by atoms with E-state index < -0.39 is 17.2 Å². The lowest BCUT2D eigenvalue weighted by molar-refractivity contribution is -0.114. The third kappa shape index (κ3) is 4.17. The maximum atomic E-state index is 13.2.